The van der Waals surface area contributed by atoms with Crippen molar-refractivity contribution in [2.24, 2.45) is 0 Å². The quantitative estimate of drug-likeness (QED) is 0.840. The van der Waals surface area contributed by atoms with Crippen molar-refractivity contribution in [3.63, 3.8) is 0 Å². The average molecular weight is 348 g/mol. The molecule has 0 aliphatic rings. The summed E-state index contributed by atoms with van der Waals surface area (Å²) >= 11 is 5.96. The number of nitriles is 1. The molecule has 0 fully saturated rings. The lowest BCUT2D eigenvalue weighted by Crippen LogP contribution is -2.22. The zero-order valence-corrected chi connectivity index (χ0v) is 13.9. The van der Waals surface area contributed by atoms with Gasteiger partial charge in [-0.25, -0.2) is 13.4 Å². The van der Waals surface area contributed by atoms with E-state index in [1.165, 1.54) is 25.1 Å². The van der Waals surface area contributed by atoms with E-state index in [1.54, 1.807) is 24.3 Å². The molecule has 2 aromatic rings. The van der Waals surface area contributed by atoms with Crippen LogP contribution in [-0.4, -0.2) is 24.4 Å². The highest BCUT2D eigenvalue weighted by Crippen LogP contribution is 2.26. The van der Waals surface area contributed by atoms with Gasteiger partial charge in [-0.1, -0.05) is 29.8 Å². The molecule has 0 bridgehead atoms. The molecule has 1 heterocycles. The van der Waals surface area contributed by atoms with Crippen LogP contribution >= 0.6 is 11.6 Å². The number of aromatic nitrogens is 1. The fourth-order valence-corrected chi connectivity index (χ4v) is 3.95. The third kappa shape index (κ3) is 3.76. The van der Waals surface area contributed by atoms with Gasteiger partial charge in [0, 0.05) is 6.42 Å². The number of nitrogens with zero attached hydrogens (tertiary/aromatic N) is 2. The second-order valence-electron chi connectivity index (χ2n) is 4.99. The van der Waals surface area contributed by atoms with E-state index in [9.17, 15) is 8.42 Å². The molecule has 23 heavy (non-hydrogen) atoms. The normalized spacial score (nSPS) is 12.4. The molecule has 7 heteroatoms. The van der Waals surface area contributed by atoms with E-state index in [-0.39, 0.29) is 27.7 Å². The van der Waals surface area contributed by atoms with Gasteiger partial charge in [0.2, 0.25) is 0 Å². The predicted molar refractivity (Wildman–Crippen MR) is 88.5 cm³/mol. The van der Waals surface area contributed by atoms with Crippen molar-refractivity contribution in [2.45, 2.75) is 23.5 Å². The maximum atomic E-state index is 12.6. The molecule has 1 aromatic carbocycles. The van der Waals surface area contributed by atoms with E-state index in [4.69, 9.17) is 22.3 Å². The molecule has 0 aliphatic heterocycles. The Hall–Kier alpha value is -2.23. The molecule has 0 saturated carbocycles. The standard InChI is InChI=1S/C16H14ClN3O2S/c1-11(23(21,22)16-8-3-2-6-13(16)17)9-14(19)15-7-4-5-12(10-18)20-15/h2-8,11,19H,9H2,1H3/t11-/m0/s1. The Kier molecular flexibility index (Phi) is 5.14. The summed E-state index contributed by atoms with van der Waals surface area (Å²) in [6, 6.07) is 12.9. The summed E-state index contributed by atoms with van der Waals surface area (Å²) in [5, 5.41) is 16.2. The Morgan fingerprint density at radius 1 is 1.30 bits per heavy atom. The third-order valence-corrected chi connectivity index (χ3v) is 5.97. The third-order valence-electron chi connectivity index (χ3n) is 3.34. The lowest BCUT2D eigenvalue weighted by atomic mass is 10.1. The minimum absolute atomic E-state index is 0.0184. The number of sulfone groups is 1. The van der Waals surface area contributed by atoms with Gasteiger partial charge in [0.05, 0.1) is 26.6 Å². The summed E-state index contributed by atoms with van der Waals surface area (Å²) in [6.07, 6.45) is -0.0184. The van der Waals surface area contributed by atoms with Crippen LogP contribution in [0.15, 0.2) is 47.4 Å². The molecule has 0 saturated heterocycles. The first-order valence-electron chi connectivity index (χ1n) is 6.79. The summed E-state index contributed by atoms with van der Waals surface area (Å²) < 4.78 is 25.2. The van der Waals surface area contributed by atoms with E-state index in [1.807, 2.05) is 6.07 Å². The number of hydrogen-bond donors (Lipinski definition) is 1. The van der Waals surface area contributed by atoms with E-state index in [2.05, 4.69) is 4.98 Å². The van der Waals surface area contributed by atoms with Crippen LogP contribution in [0.25, 0.3) is 0 Å². The second-order valence-corrected chi connectivity index (χ2v) is 7.73. The number of rotatable bonds is 5. The van der Waals surface area contributed by atoms with Gasteiger partial charge in [-0.05, 0) is 31.2 Å². The number of nitrogens with one attached hydrogen (secondary N) is 1. The van der Waals surface area contributed by atoms with Crippen molar-refractivity contribution >= 4 is 27.1 Å². The summed E-state index contributed by atoms with van der Waals surface area (Å²) in [6.45, 7) is 1.53. The summed E-state index contributed by atoms with van der Waals surface area (Å²) in [5.74, 6) is 0. The molecule has 0 unspecified atom stereocenters. The van der Waals surface area contributed by atoms with Gasteiger partial charge in [-0.15, -0.1) is 0 Å². The van der Waals surface area contributed by atoms with Gasteiger partial charge in [0.1, 0.15) is 11.8 Å². The number of benzene rings is 1. The molecule has 0 spiro atoms. The van der Waals surface area contributed by atoms with Crippen molar-refractivity contribution in [1.82, 2.24) is 4.98 Å². The first kappa shape index (κ1) is 17.1. The molecule has 0 radical (unpaired) electrons. The largest absolute Gasteiger partial charge is 0.303 e. The fraction of sp³-hybridized carbons (Fsp3) is 0.188. The Balaban J connectivity index is 2.24. The van der Waals surface area contributed by atoms with Crippen molar-refractivity contribution in [3.05, 3.63) is 58.9 Å². The first-order valence-corrected chi connectivity index (χ1v) is 8.72. The van der Waals surface area contributed by atoms with Crippen LogP contribution < -0.4 is 0 Å². The summed E-state index contributed by atoms with van der Waals surface area (Å²) in [4.78, 5) is 4.07. The number of halogens is 1. The minimum atomic E-state index is -3.65. The van der Waals surface area contributed by atoms with Crippen LogP contribution in [0.2, 0.25) is 5.02 Å². The molecule has 1 atom stereocenters. The molecule has 118 valence electrons. The Morgan fingerprint density at radius 2 is 2.00 bits per heavy atom. The SMILES string of the molecule is C[C@@H](CC(=N)c1cccc(C#N)n1)S(=O)(=O)c1ccccc1Cl. The highest BCUT2D eigenvalue weighted by molar-refractivity contribution is 7.92. The highest BCUT2D eigenvalue weighted by Gasteiger charge is 2.27. The number of hydrogen-bond acceptors (Lipinski definition) is 5. The van der Waals surface area contributed by atoms with Crippen LogP contribution in [-0.2, 0) is 9.84 Å². The maximum Gasteiger partial charge on any atom is 0.182 e. The Morgan fingerprint density at radius 3 is 2.65 bits per heavy atom. The molecule has 0 amide bonds. The van der Waals surface area contributed by atoms with Crippen molar-refractivity contribution < 1.29 is 8.42 Å². The van der Waals surface area contributed by atoms with Gasteiger partial charge in [-0.2, -0.15) is 5.26 Å². The molecular formula is C16H14ClN3O2S. The molecule has 2 rings (SSSR count). The van der Waals surface area contributed by atoms with E-state index >= 15 is 0 Å². The van der Waals surface area contributed by atoms with E-state index < -0.39 is 15.1 Å². The smallest absolute Gasteiger partial charge is 0.182 e. The summed E-state index contributed by atoms with van der Waals surface area (Å²) in [5.41, 5.74) is 0.546. The highest BCUT2D eigenvalue weighted by atomic mass is 35.5. The predicted octanol–water partition coefficient (Wildman–Crippen LogP) is 3.23. The monoisotopic (exact) mass is 347 g/mol. The lowest BCUT2D eigenvalue weighted by Gasteiger charge is -2.14. The van der Waals surface area contributed by atoms with Gasteiger partial charge in [0.15, 0.2) is 9.84 Å². The molecule has 1 N–H and O–H groups in total. The molecule has 0 aliphatic carbocycles. The van der Waals surface area contributed by atoms with Crippen molar-refractivity contribution in [2.75, 3.05) is 0 Å². The summed E-state index contributed by atoms with van der Waals surface area (Å²) in [7, 11) is -3.65. The molecule has 5 nitrogen and oxygen atoms in total. The molecular weight excluding hydrogens is 334 g/mol. The lowest BCUT2D eigenvalue weighted by molar-refractivity contribution is 0.585. The zero-order valence-electron chi connectivity index (χ0n) is 12.3. The van der Waals surface area contributed by atoms with Gasteiger partial charge >= 0.3 is 0 Å². The van der Waals surface area contributed by atoms with Crippen molar-refractivity contribution in [3.8, 4) is 6.07 Å². The first-order chi connectivity index (χ1) is 10.9. The van der Waals surface area contributed by atoms with Crippen LogP contribution in [0.3, 0.4) is 0 Å². The zero-order chi connectivity index (χ0) is 17.0. The topological polar surface area (TPSA) is 94.7 Å². The maximum absolute atomic E-state index is 12.6. The average Bonchev–Trinajstić information content (AvgIpc) is 2.55. The second kappa shape index (κ2) is 6.90. The van der Waals surface area contributed by atoms with Crippen LogP contribution in [0.1, 0.15) is 24.7 Å². The van der Waals surface area contributed by atoms with Gasteiger partial charge in [0.25, 0.3) is 0 Å². The van der Waals surface area contributed by atoms with E-state index in [0.717, 1.165) is 0 Å². The number of pyridine rings is 1. The van der Waals surface area contributed by atoms with Crippen LogP contribution in [0.5, 0.6) is 0 Å². The minimum Gasteiger partial charge on any atom is -0.303 e. The fourth-order valence-electron chi connectivity index (χ4n) is 2.06. The van der Waals surface area contributed by atoms with Gasteiger partial charge < -0.3 is 5.41 Å². The van der Waals surface area contributed by atoms with Crippen molar-refractivity contribution in [1.29, 1.82) is 10.7 Å². The Bertz CT molecular complexity index is 888. The van der Waals surface area contributed by atoms with Gasteiger partial charge in [-0.3, -0.25) is 0 Å². The van der Waals surface area contributed by atoms with Crippen LogP contribution in [0.4, 0.5) is 0 Å². The van der Waals surface area contributed by atoms with Crippen LogP contribution in [0, 0.1) is 16.7 Å². The van der Waals surface area contributed by atoms with E-state index in [0.29, 0.717) is 5.69 Å². The Labute approximate surface area is 140 Å². The molecule has 1 aromatic heterocycles.